The van der Waals surface area contributed by atoms with Crippen LogP contribution >= 0.6 is 0 Å². The Morgan fingerprint density at radius 3 is 2.89 bits per heavy atom. The van der Waals surface area contributed by atoms with Crippen LogP contribution in [0.15, 0.2) is 36.5 Å². The lowest BCUT2D eigenvalue weighted by Gasteiger charge is -2.35. The number of hydrogen-bond donors (Lipinski definition) is 1. The van der Waals surface area contributed by atoms with Gasteiger partial charge in [-0.15, -0.1) is 0 Å². The van der Waals surface area contributed by atoms with Crippen molar-refractivity contribution in [3.8, 4) is 0 Å². The molecule has 1 aromatic carbocycles. The number of hydrogen-bond acceptors (Lipinski definition) is 2. The highest BCUT2D eigenvalue weighted by atomic mass is 14.7. The summed E-state index contributed by atoms with van der Waals surface area (Å²) in [6.07, 6.45) is 5.72. The zero-order chi connectivity index (χ0) is 13.2. The van der Waals surface area contributed by atoms with Crippen molar-refractivity contribution >= 4 is 10.9 Å². The first-order valence-corrected chi connectivity index (χ1v) is 7.33. The standard InChI is InChI=1S/C17H22N2/c1-12-7-8-14(11-18)16(10-12)15-6-2-4-13-5-3-9-19-17(13)15/h2-6,9,12,14,16H,7-8,10-11,18H2,1H3. The summed E-state index contributed by atoms with van der Waals surface area (Å²) in [4.78, 5) is 4.61. The quantitative estimate of drug-likeness (QED) is 0.887. The monoisotopic (exact) mass is 254 g/mol. The SMILES string of the molecule is CC1CCC(CN)C(c2cccc3cccnc23)C1. The van der Waals surface area contributed by atoms with Gasteiger partial charge in [0.1, 0.15) is 0 Å². The molecule has 1 aliphatic carbocycles. The molecule has 1 fully saturated rings. The van der Waals surface area contributed by atoms with Crippen LogP contribution in [0.25, 0.3) is 10.9 Å². The normalized spacial score (nSPS) is 27.6. The number of fused-ring (bicyclic) bond motifs is 1. The van der Waals surface area contributed by atoms with Crippen molar-refractivity contribution in [1.29, 1.82) is 0 Å². The molecule has 2 heteroatoms. The van der Waals surface area contributed by atoms with Gasteiger partial charge in [0.05, 0.1) is 5.52 Å². The third kappa shape index (κ3) is 2.37. The summed E-state index contributed by atoms with van der Waals surface area (Å²) in [5.74, 6) is 1.99. The Morgan fingerprint density at radius 1 is 1.21 bits per heavy atom. The molecule has 2 nitrogen and oxygen atoms in total. The van der Waals surface area contributed by atoms with Gasteiger partial charge in [-0.2, -0.15) is 0 Å². The van der Waals surface area contributed by atoms with Crippen molar-refractivity contribution in [2.45, 2.75) is 32.1 Å². The number of pyridine rings is 1. The van der Waals surface area contributed by atoms with Crippen LogP contribution in [0.2, 0.25) is 0 Å². The maximum atomic E-state index is 6.00. The van der Waals surface area contributed by atoms with Crippen molar-refractivity contribution in [2.75, 3.05) is 6.54 Å². The lowest BCUT2D eigenvalue weighted by molar-refractivity contribution is 0.254. The van der Waals surface area contributed by atoms with E-state index in [9.17, 15) is 0 Å². The van der Waals surface area contributed by atoms with Gasteiger partial charge in [-0.05, 0) is 48.8 Å². The average Bonchev–Trinajstić information content (AvgIpc) is 2.46. The highest BCUT2D eigenvalue weighted by Gasteiger charge is 2.30. The summed E-state index contributed by atoms with van der Waals surface area (Å²) in [6, 6.07) is 10.7. The molecule has 0 saturated heterocycles. The average molecular weight is 254 g/mol. The summed E-state index contributed by atoms with van der Waals surface area (Å²) in [7, 11) is 0. The van der Waals surface area contributed by atoms with Crippen molar-refractivity contribution in [3.05, 3.63) is 42.1 Å². The molecule has 0 aliphatic heterocycles. The number of rotatable bonds is 2. The molecule has 1 heterocycles. The molecule has 0 spiro atoms. The zero-order valence-corrected chi connectivity index (χ0v) is 11.5. The third-order valence-electron chi connectivity index (χ3n) is 4.62. The molecule has 2 N–H and O–H groups in total. The lowest BCUT2D eigenvalue weighted by atomic mass is 9.71. The van der Waals surface area contributed by atoms with Gasteiger partial charge in [0.2, 0.25) is 0 Å². The second-order valence-corrected chi connectivity index (χ2v) is 5.94. The number of benzene rings is 1. The van der Waals surface area contributed by atoms with E-state index in [-0.39, 0.29) is 0 Å². The van der Waals surface area contributed by atoms with Crippen molar-refractivity contribution in [2.24, 2.45) is 17.6 Å². The molecule has 1 aliphatic rings. The Labute approximate surface area is 115 Å². The molecular weight excluding hydrogens is 232 g/mol. The molecule has 3 atom stereocenters. The number of nitrogens with two attached hydrogens (primary N) is 1. The van der Waals surface area contributed by atoms with Gasteiger partial charge in [0.25, 0.3) is 0 Å². The minimum atomic E-state index is 0.576. The van der Waals surface area contributed by atoms with E-state index in [0.717, 1.165) is 12.5 Å². The van der Waals surface area contributed by atoms with Gasteiger partial charge in [0, 0.05) is 11.6 Å². The smallest absolute Gasteiger partial charge is 0.0736 e. The molecule has 2 aromatic rings. The number of aromatic nitrogens is 1. The first kappa shape index (κ1) is 12.6. The molecule has 3 rings (SSSR count). The Morgan fingerprint density at radius 2 is 2.05 bits per heavy atom. The van der Waals surface area contributed by atoms with Gasteiger partial charge in [-0.25, -0.2) is 0 Å². The third-order valence-corrected chi connectivity index (χ3v) is 4.62. The fourth-order valence-corrected chi connectivity index (χ4v) is 3.53. The largest absolute Gasteiger partial charge is 0.330 e. The van der Waals surface area contributed by atoms with Crippen LogP contribution < -0.4 is 5.73 Å². The highest BCUT2D eigenvalue weighted by Crippen LogP contribution is 2.41. The molecule has 19 heavy (non-hydrogen) atoms. The van der Waals surface area contributed by atoms with Crippen molar-refractivity contribution in [3.63, 3.8) is 0 Å². The van der Waals surface area contributed by atoms with E-state index in [4.69, 9.17) is 5.73 Å². The predicted molar refractivity (Wildman–Crippen MR) is 80.0 cm³/mol. The van der Waals surface area contributed by atoms with E-state index in [1.807, 2.05) is 12.3 Å². The van der Waals surface area contributed by atoms with Gasteiger partial charge in [-0.3, -0.25) is 4.98 Å². The van der Waals surface area contributed by atoms with Crippen LogP contribution in [0.5, 0.6) is 0 Å². The molecule has 0 radical (unpaired) electrons. The fourth-order valence-electron chi connectivity index (χ4n) is 3.53. The van der Waals surface area contributed by atoms with Crippen molar-refractivity contribution in [1.82, 2.24) is 4.98 Å². The van der Waals surface area contributed by atoms with Gasteiger partial charge in [-0.1, -0.05) is 37.6 Å². The summed E-state index contributed by atoms with van der Waals surface area (Å²) in [5.41, 5.74) is 8.57. The van der Waals surface area contributed by atoms with E-state index >= 15 is 0 Å². The molecule has 100 valence electrons. The summed E-state index contributed by atoms with van der Waals surface area (Å²) in [6.45, 7) is 3.15. The minimum absolute atomic E-state index is 0.576. The molecule has 0 amide bonds. The Hall–Kier alpha value is -1.41. The van der Waals surface area contributed by atoms with Crippen LogP contribution in [0.3, 0.4) is 0 Å². The first-order valence-electron chi connectivity index (χ1n) is 7.33. The highest BCUT2D eigenvalue weighted by molar-refractivity contribution is 5.82. The summed E-state index contributed by atoms with van der Waals surface area (Å²) < 4.78 is 0. The summed E-state index contributed by atoms with van der Waals surface area (Å²) >= 11 is 0. The summed E-state index contributed by atoms with van der Waals surface area (Å²) in [5, 5.41) is 1.24. The molecule has 1 aromatic heterocycles. The topological polar surface area (TPSA) is 38.9 Å². The lowest BCUT2D eigenvalue weighted by Crippen LogP contribution is -2.28. The van der Waals surface area contributed by atoms with E-state index in [0.29, 0.717) is 11.8 Å². The van der Waals surface area contributed by atoms with E-state index in [1.165, 1.54) is 35.7 Å². The van der Waals surface area contributed by atoms with Crippen molar-refractivity contribution < 1.29 is 0 Å². The van der Waals surface area contributed by atoms with Gasteiger partial charge >= 0.3 is 0 Å². The number of para-hydroxylation sites is 1. The second-order valence-electron chi connectivity index (χ2n) is 5.94. The Kier molecular flexibility index (Phi) is 3.52. The predicted octanol–water partition coefficient (Wildman–Crippen LogP) is 3.71. The molecule has 1 saturated carbocycles. The molecule has 0 bridgehead atoms. The van der Waals surface area contributed by atoms with Gasteiger partial charge in [0.15, 0.2) is 0 Å². The van der Waals surface area contributed by atoms with Crippen LogP contribution in [0.4, 0.5) is 0 Å². The molecule has 3 unspecified atom stereocenters. The van der Waals surface area contributed by atoms with Crippen LogP contribution in [0, 0.1) is 11.8 Å². The zero-order valence-electron chi connectivity index (χ0n) is 11.5. The minimum Gasteiger partial charge on any atom is -0.330 e. The Balaban J connectivity index is 2.06. The maximum absolute atomic E-state index is 6.00. The van der Waals surface area contributed by atoms with Crippen LogP contribution in [-0.2, 0) is 0 Å². The maximum Gasteiger partial charge on any atom is 0.0736 e. The second kappa shape index (κ2) is 5.30. The van der Waals surface area contributed by atoms with Gasteiger partial charge < -0.3 is 5.73 Å². The number of nitrogens with zero attached hydrogens (tertiary/aromatic N) is 1. The van der Waals surface area contributed by atoms with E-state index < -0.39 is 0 Å². The fraction of sp³-hybridized carbons (Fsp3) is 0.471. The molecular formula is C17H22N2. The van der Waals surface area contributed by atoms with Crippen LogP contribution in [-0.4, -0.2) is 11.5 Å². The van der Waals surface area contributed by atoms with Crippen LogP contribution in [0.1, 0.15) is 37.7 Å². The van der Waals surface area contributed by atoms with E-state index in [2.05, 4.69) is 36.2 Å². The first-order chi connectivity index (χ1) is 9.29. The van der Waals surface area contributed by atoms with E-state index in [1.54, 1.807) is 0 Å². The Bertz CT molecular complexity index is 559.